The van der Waals surface area contributed by atoms with Gasteiger partial charge in [0.1, 0.15) is 0 Å². The van der Waals surface area contributed by atoms with Gasteiger partial charge in [-0.25, -0.2) is 0 Å². The molecule has 0 unspecified atom stereocenters. The van der Waals surface area contributed by atoms with Gasteiger partial charge in [0.15, 0.2) is 0 Å². The highest BCUT2D eigenvalue weighted by atomic mass is 14.9. The summed E-state index contributed by atoms with van der Waals surface area (Å²) in [7, 11) is 0. The fourth-order valence-corrected chi connectivity index (χ4v) is 2.21. The molecule has 1 aromatic rings. The van der Waals surface area contributed by atoms with Crippen LogP contribution in [-0.2, 0) is 0 Å². The Kier molecular flexibility index (Phi) is 4.62. The van der Waals surface area contributed by atoms with Crippen molar-refractivity contribution >= 4 is 23.3 Å². The van der Waals surface area contributed by atoms with Crippen LogP contribution < -0.4 is 10.6 Å². The summed E-state index contributed by atoms with van der Waals surface area (Å²) in [5.41, 5.74) is 3.97. The molecule has 1 aliphatic heterocycles. The molecule has 0 saturated carbocycles. The maximum Gasteiger partial charge on any atom is 0.0861 e. The first-order chi connectivity index (χ1) is 10.9. The fourth-order valence-electron chi connectivity index (χ4n) is 2.21. The molecule has 4 nitrogen and oxygen atoms in total. The van der Waals surface area contributed by atoms with E-state index in [0.717, 1.165) is 35.7 Å². The van der Waals surface area contributed by atoms with Crippen molar-refractivity contribution < 1.29 is 0 Å². The number of hydrogen-bond donors (Lipinski definition) is 2. The van der Waals surface area contributed by atoms with E-state index in [1.54, 1.807) is 12.4 Å². The summed E-state index contributed by atoms with van der Waals surface area (Å²) >= 11 is 0. The normalized spacial score (nSPS) is 24.0. The zero-order valence-electron chi connectivity index (χ0n) is 12.2. The van der Waals surface area contributed by atoms with Crippen LogP contribution in [0.3, 0.4) is 0 Å². The molecule has 0 amide bonds. The lowest BCUT2D eigenvalue weighted by Gasteiger charge is -2.12. The zero-order chi connectivity index (χ0) is 15.0. The molecule has 0 radical (unpaired) electrons. The number of fused-ring (bicyclic) bond motifs is 2. The highest BCUT2D eigenvalue weighted by Crippen LogP contribution is 2.23. The molecule has 0 atom stereocenters. The van der Waals surface area contributed by atoms with Gasteiger partial charge in [-0.1, -0.05) is 24.3 Å². The van der Waals surface area contributed by atoms with Crippen molar-refractivity contribution in [2.75, 3.05) is 11.9 Å². The molecule has 1 heterocycles. The maximum atomic E-state index is 4.50. The van der Waals surface area contributed by atoms with Crippen molar-refractivity contribution in [1.82, 2.24) is 5.32 Å². The van der Waals surface area contributed by atoms with E-state index < -0.39 is 0 Å². The second kappa shape index (κ2) is 7.22. The standard InChI is InChI=1S/C18H18N4/c1-2-8-16-15(7-1)19-11-5-13-21-17-9-3-4-10-18(17)22-14-6-12-20-16/h1-9,12-14,19,21H,10-11H2/b13-5-,14-6-,20-12+,22-18+. The molecule has 0 saturated heterocycles. The Hall–Kier alpha value is -2.88. The van der Waals surface area contributed by atoms with Crippen LogP contribution in [0.25, 0.3) is 0 Å². The molecule has 2 N–H and O–H groups in total. The van der Waals surface area contributed by atoms with Gasteiger partial charge < -0.3 is 10.6 Å². The number of nitrogens with zero attached hydrogens (tertiary/aromatic N) is 2. The third-order valence-electron chi connectivity index (χ3n) is 3.31. The SMILES string of the molecule is C1=CC\C2=N/C=C\C=N\c3ccccc3NC/C=C\NC2=C1. The van der Waals surface area contributed by atoms with Crippen molar-refractivity contribution in [2.24, 2.45) is 9.98 Å². The van der Waals surface area contributed by atoms with Gasteiger partial charge in [-0.3, -0.25) is 9.98 Å². The average molecular weight is 290 g/mol. The highest BCUT2D eigenvalue weighted by molar-refractivity contribution is 6.02. The van der Waals surface area contributed by atoms with E-state index in [1.807, 2.05) is 54.8 Å². The van der Waals surface area contributed by atoms with E-state index in [2.05, 4.69) is 26.7 Å². The molecule has 2 aliphatic rings. The number of rotatable bonds is 0. The number of anilines is 1. The second-order valence-electron chi connectivity index (χ2n) is 4.85. The molecule has 4 heteroatoms. The third-order valence-corrected chi connectivity index (χ3v) is 3.31. The summed E-state index contributed by atoms with van der Waals surface area (Å²) < 4.78 is 0. The highest BCUT2D eigenvalue weighted by Gasteiger charge is 2.06. The first-order valence-electron chi connectivity index (χ1n) is 7.31. The number of hydrogen-bond acceptors (Lipinski definition) is 4. The summed E-state index contributed by atoms with van der Waals surface area (Å²) in [5, 5.41) is 6.65. The molecule has 0 fully saturated rings. The van der Waals surface area contributed by atoms with Crippen LogP contribution in [0.5, 0.6) is 0 Å². The van der Waals surface area contributed by atoms with E-state index in [9.17, 15) is 0 Å². The first-order valence-corrected chi connectivity index (χ1v) is 7.31. The predicted octanol–water partition coefficient (Wildman–Crippen LogP) is 3.72. The van der Waals surface area contributed by atoms with Gasteiger partial charge in [-0.05, 0) is 36.6 Å². The number of aliphatic imine (C=N–C) groups is 2. The summed E-state index contributed by atoms with van der Waals surface area (Å²) in [6.45, 7) is 0.727. The van der Waals surface area contributed by atoms with E-state index >= 15 is 0 Å². The van der Waals surface area contributed by atoms with Gasteiger partial charge in [-0.15, -0.1) is 0 Å². The number of nitrogens with one attached hydrogen (secondary N) is 2. The maximum absolute atomic E-state index is 4.50. The van der Waals surface area contributed by atoms with E-state index in [1.165, 1.54) is 0 Å². The van der Waals surface area contributed by atoms with Crippen LogP contribution in [0.4, 0.5) is 11.4 Å². The summed E-state index contributed by atoms with van der Waals surface area (Å²) in [4.78, 5) is 8.97. The van der Waals surface area contributed by atoms with Gasteiger partial charge in [-0.2, -0.15) is 0 Å². The summed E-state index contributed by atoms with van der Waals surface area (Å²) in [6.07, 6.45) is 16.4. The number of para-hydroxylation sites is 2. The predicted molar refractivity (Wildman–Crippen MR) is 93.8 cm³/mol. The average Bonchev–Trinajstić information content (AvgIpc) is 2.56. The lowest BCUT2D eigenvalue weighted by molar-refractivity contribution is 1.09. The molecule has 1 aliphatic carbocycles. The van der Waals surface area contributed by atoms with Crippen LogP contribution in [0, 0.1) is 0 Å². The zero-order valence-corrected chi connectivity index (χ0v) is 12.2. The Morgan fingerprint density at radius 2 is 2.00 bits per heavy atom. The van der Waals surface area contributed by atoms with Crippen LogP contribution in [0.15, 0.2) is 82.7 Å². The van der Waals surface area contributed by atoms with E-state index in [4.69, 9.17) is 0 Å². The quantitative estimate of drug-likeness (QED) is 0.765. The van der Waals surface area contributed by atoms with Crippen molar-refractivity contribution in [3.63, 3.8) is 0 Å². The third kappa shape index (κ3) is 3.61. The minimum atomic E-state index is 0.727. The van der Waals surface area contributed by atoms with Crippen LogP contribution in [-0.4, -0.2) is 18.5 Å². The topological polar surface area (TPSA) is 48.8 Å². The van der Waals surface area contributed by atoms with Gasteiger partial charge in [0, 0.05) is 25.4 Å². The molecule has 0 spiro atoms. The lowest BCUT2D eigenvalue weighted by atomic mass is 10.1. The largest absolute Gasteiger partial charge is 0.380 e. The smallest absolute Gasteiger partial charge is 0.0861 e. The van der Waals surface area contributed by atoms with Gasteiger partial charge >= 0.3 is 0 Å². The molecule has 0 bridgehead atoms. The van der Waals surface area contributed by atoms with Crippen molar-refractivity contribution in [3.8, 4) is 0 Å². The van der Waals surface area contributed by atoms with Gasteiger partial charge in [0.2, 0.25) is 0 Å². The van der Waals surface area contributed by atoms with Gasteiger partial charge in [0.25, 0.3) is 0 Å². The Morgan fingerprint density at radius 1 is 1.05 bits per heavy atom. The van der Waals surface area contributed by atoms with Crippen LogP contribution in [0.1, 0.15) is 6.42 Å². The summed E-state index contributed by atoms with van der Waals surface area (Å²) in [6, 6.07) is 7.99. The first kappa shape index (κ1) is 14.1. The van der Waals surface area contributed by atoms with E-state index in [0.29, 0.717) is 0 Å². The summed E-state index contributed by atoms with van der Waals surface area (Å²) in [5.74, 6) is 0. The Balaban J connectivity index is 1.88. The van der Waals surface area contributed by atoms with Crippen molar-refractivity contribution in [3.05, 3.63) is 72.7 Å². The Labute approximate surface area is 130 Å². The fraction of sp³-hybridized carbons (Fsp3) is 0.111. The minimum absolute atomic E-state index is 0.727. The molecular formula is C18H18N4. The second-order valence-corrected chi connectivity index (χ2v) is 4.85. The Morgan fingerprint density at radius 3 is 3.00 bits per heavy atom. The molecular weight excluding hydrogens is 272 g/mol. The van der Waals surface area contributed by atoms with Crippen LogP contribution >= 0.6 is 0 Å². The van der Waals surface area contributed by atoms with E-state index in [-0.39, 0.29) is 0 Å². The monoisotopic (exact) mass is 290 g/mol. The van der Waals surface area contributed by atoms with Crippen molar-refractivity contribution in [2.45, 2.75) is 6.42 Å². The number of benzene rings is 1. The van der Waals surface area contributed by atoms with Gasteiger partial charge in [0.05, 0.1) is 22.8 Å². The molecule has 110 valence electrons. The molecule has 22 heavy (non-hydrogen) atoms. The van der Waals surface area contributed by atoms with Crippen molar-refractivity contribution in [1.29, 1.82) is 0 Å². The molecule has 1 aromatic carbocycles. The lowest BCUT2D eigenvalue weighted by Crippen LogP contribution is -2.17. The molecule has 3 rings (SSSR count). The van der Waals surface area contributed by atoms with Crippen LogP contribution in [0.2, 0.25) is 0 Å². The number of allylic oxidation sites excluding steroid dienone is 5. The Bertz CT molecular complexity index is 706. The minimum Gasteiger partial charge on any atom is -0.380 e. The molecule has 0 aromatic heterocycles.